The zero-order chi connectivity index (χ0) is 12.7. The van der Waals surface area contributed by atoms with Crippen molar-refractivity contribution in [3.05, 3.63) is 11.4 Å². The minimum absolute atomic E-state index is 0.659. The summed E-state index contributed by atoms with van der Waals surface area (Å²) in [5.41, 5.74) is 2.61. The molecule has 0 saturated carbocycles. The molecule has 3 heteroatoms. The van der Waals surface area contributed by atoms with Gasteiger partial charge in [-0.25, -0.2) is 4.68 Å². The smallest absolute Gasteiger partial charge is 0.0861 e. The SMILES string of the molecule is CCCCc1c(CC(C)C)nnn1CCCC. The first-order valence-corrected chi connectivity index (χ1v) is 7.10. The van der Waals surface area contributed by atoms with Gasteiger partial charge in [-0.05, 0) is 31.6 Å². The molecule has 98 valence electrons. The van der Waals surface area contributed by atoms with E-state index in [1.807, 2.05) is 0 Å². The Morgan fingerprint density at radius 1 is 1.12 bits per heavy atom. The van der Waals surface area contributed by atoms with Crippen molar-refractivity contribution < 1.29 is 0 Å². The second kappa shape index (κ2) is 7.46. The number of nitrogens with zero attached hydrogens (tertiary/aromatic N) is 3. The van der Waals surface area contributed by atoms with Crippen LogP contribution in [0.1, 0.15) is 64.8 Å². The summed E-state index contributed by atoms with van der Waals surface area (Å²) >= 11 is 0. The highest BCUT2D eigenvalue weighted by molar-refractivity contribution is 5.11. The van der Waals surface area contributed by atoms with E-state index in [4.69, 9.17) is 0 Å². The molecule has 0 fully saturated rings. The van der Waals surface area contributed by atoms with E-state index in [0.717, 1.165) is 19.4 Å². The fourth-order valence-electron chi connectivity index (χ4n) is 2.02. The van der Waals surface area contributed by atoms with Crippen LogP contribution in [0.2, 0.25) is 0 Å². The van der Waals surface area contributed by atoms with Crippen LogP contribution in [0.5, 0.6) is 0 Å². The fourth-order valence-corrected chi connectivity index (χ4v) is 2.02. The molecule has 0 aliphatic carbocycles. The molecule has 3 nitrogen and oxygen atoms in total. The first-order valence-electron chi connectivity index (χ1n) is 7.10. The number of unbranched alkanes of at least 4 members (excludes halogenated alkanes) is 2. The highest BCUT2D eigenvalue weighted by Crippen LogP contribution is 2.14. The molecule has 1 aromatic heterocycles. The Labute approximate surface area is 106 Å². The van der Waals surface area contributed by atoms with Crippen LogP contribution in [0.15, 0.2) is 0 Å². The van der Waals surface area contributed by atoms with Gasteiger partial charge in [0, 0.05) is 6.54 Å². The second-order valence-corrected chi connectivity index (χ2v) is 5.26. The summed E-state index contributed by atoms with van der Waals surface area (Å²) in [7, 11) is 0. The van der Waals surface area contributed by atoms with E-state index in [1.165, 1.54) is 37.1 Å². The Balaban J connectivity index is 2.77. The standard InChI is InChI=1S/C14H27N3/c1-5-7-9-14-13(11-12(3)4)15-16-17(14)10-8-6-2/h12H,5-11H2,1-4H3. The van der Waals surface area contributed by atoms with Crippen LogP contribution in [0.25, 0.3) is 0 Å². The number of aromatic nitrogens is 3. The maximum atomic E-state index is 4.38. The van der Waals surface area contributed by atoms with E-state index in [9.17, 15) is 0 Å². The lowest BCUT2D eigenvalue weighted by Gasteiger charge is -2.08. The Kier molecular flexibility index (Phi) is 6.23. The Morgan fingerprint density at radius 3 is 2.41 bits per heavy atom. The van der Waals surface area contributed by atoms with E-state index in [0.29, 0.717) is 5.92 Å². The molecular formula is C14H27N3. The highest BCUT2D eigenvalue weighted by Gasteiger charge is 2.13. The van der Waals surface area contributed by atoms with E-state index >= 15 is 0 Å². The van der Waals surface area contributed by atoms with Crippen molar-refractivity contribution in [2.24, 2.45) is 5.92 Å². The van der Waals surface area contributed by atoms with Crippen LogP contribution in [0.3, 0.4) is 0 Å². The predicted molar refractivity (Wildman–Crippen MR) is 72.1 cm³/mol. The number of hydrogen-bond acceptors (Lipinski definition) is 2. The Bertz CT molecular complexity index is 315. The quantitative estimate of drug-likeness (QED) is 0.691. The van der Waals surface area contributed by atoms with Crippen molar-refractivity contribution >= 4 is 0 Å². The summed E-state index contributed by atoms with van der Waals surface area (Å²) in [5, 5.41) is 8.70. The van der Waals surface area contributed by atoms with Crippen LogP contribution in [0, 0.1) is 5.92 Å². The molecule has 0 saturated heterocycles. The topological polar surface area (TPSA) is 30.7 Å². The van der Waals surface area contributed by atoms with Crippen molar-refractivity contribution in [3.8, 4) is 0 Å². The molecule has 0 radical (unpaired) electrons. The van der Waals surface area contributed by atoms with Gasteiger partial charge in [0.15, 0.2) is 0 Å². The summed E-state index contributed by atoms with van der Waals surface area (Å²) in [6, 6.07) is 0. The Hall–Kier alpha value is -0.860. The number of rotatable bonds is 8. The molecule has 17 heavy (non-hydrogen) atoms. The minimum Gasteiger partial charge on any atom is -0.249 e. The van der Waals surface area contributed by atoms with Crippen LogP contribution < -0.4 is 0 Å². The predicted octanol–water partition coefficient (Wildman–Crippen LogP) is 3.62. The van der Waals surface area contributed by atoms with Crippen LogP contribution in [-0.4, -0.2) is 15.0 Å². The lowest BCUT2D eigenvalue weighted by Crippen LogP contribution is -2.07. The van der Waals surface area contributed by atoms with Gasteiger partial charge in [0.1, 0.15) is 0 Å². The lowest BCUT2D eigenvalue weighted by molar-refractivity contribution is 0.527. The summed E-state index contributed by atoms with van der Waals surface area (Å²) in [6.07, 6.45) is 7.08. The Morgan fingerprint density at radius 2 is 1.82 bits per heavy atom. The molecular weight excluding hydrogens is 210 g/mol. The van der Waals surface area contributed by atoms with Gasteiger partial charge in [-0.15, -0.1) is 5.10 Å². The molecule has 0 spiro atoms. The first-order chi connectivity index (χ1) is 8.19. The fraction of sp³-hybridized carbons (Fsp3) is 0.857. The zero-order valence-electron chi connectivity index (χ0n) is 11.9. The molecule has 0 aromatic carbocycles. The van der Waals surface area contributed by atoms with Gasteiger partial charge in [-0.3, -0.25) is 0 Å². The molecule has 0 bridgehead atoms. The van der Waals surface area contributed by atoms with E-state index in [1.54, 1.807) is 0 Å². The summed E-state index contributed by atoms with van der Waals surface area (Å²) in [4.78, 5) is 0. The van der Waals surface area contributed by atoms with Crippen molar-refractivity contribution in [1.29, 1.82) is 0 Å². The van der Waals surface area contributed by atoms with Crippen molar-refractivity contribution in [3.63, 3.8) is 0 Å². The van der Waals surface area contributed by atoms with Gasteiger partial charge in [0.05, 0.1) is 11.4 Å². The van der Waals surface area contributed by atoms with E-state index in [-0.39, 0.29) is 0 Å². The average Bonchev–Trinajstić information content (AvgIpc) is 2.65. The van der Waals surface area contributed by atoms with Gasteiger partial charge in [0.2, 0.25) is 0 Å². The zero-order valence-corrected chi connectivity index (χ0v) is 11.9. The van der Waals surface area contributed by atoms with Gasteiger partial charge in [-0.2, -0.15) is 0 Å². The minimum atomic E-state index is 0.659. The summed E-state index contributed by atoms with van der Waals surface area (Å²) in [6.45, 7) is 9.98. The van der Waals surface area contributed by atoms with Crippen LogP contribution >= 0.6 is 0 Å². The molecule has 0 aliphatic rings. The molecule has 0 unspecified atom stereocenters. The van der Waals surface area contributed by atoms with Gasteiger partial charge in [0.25, 0.3) is 0 Å². The van der Waals surface area contributed by atoms with E-state index in [2.05, 4.69) is 42.7 Å². The maximum Gasteiger partial charge on any atom is 0.0861 e. The lowest BCUT2D eigenvalue weighted by atomic mass is 10.0. The first kappa shape index (κ1) is 14.2. The second-order valence-electron chi connectivity index (χ2n) is 5.26. The van der Waals surface area contributed by atoms with Gasteiger partial charge in [-0.1, -0.05) is 45.7 Å². The third kappa shape index (κ3) is 4.49. The highest BCUT2D eigenvalue weighted by atomic mass is 15.4. The third-order valence-electron chi connectivity index (χ3n) is 3.01. The van der Waals surface area contributed by atoms with Crippen molar-refractivity contribution in [1.82, 2.24) is 15.0 Å². The van der Waals surface area contributed by atoms with Crippen molar-refractivity contribution in [2.45, 2.75) is 72.8 Å². The normalized spacial score (nSPS) is 11.4. The van der Waals surface area contributed by atoms with Gasteiger partial charge < -0.3 is 0 Å². The number of hydrogen-bond donors (Lipinski definition) is 0. The monoisotopic (exact) mass is 237 g/mol. The molecule has 0 N–H and O–H groups in total. The molecule has 1 rings (SSSR count). The maximum absolute atomic E-state index is 4.38. The van der Waals surface area contributed by atoms with Gasteiger partial charge >= 0.3 is 0 Å². The van der Waals surface area contributed by atoms with Crippen LogP contribution in [-0.2, 0) is 19.4 Å². The molecule has 1 aromatic rings. The number of aryl methyl sites for hydroxylation is 1. The van der Waals surface area contributed by atoms with Crippen molar-refractivity contribution in [2.75, 3.05) is 0 Å². The van der Waals surface area contributed by atoms with Crippen LogP contribution in [0.4, 0.5) is 0 Å². The average molecular weight is 237 g/mol. The van der Waals surface area contributed by atoms with E-state index < -0.39 is 0 Å². The summed E-state index contributed by atoms with van der Waals surface area (Å²) < 4.78 is 2.14. The third-order valence-corrected chi connectivity index (χ3v) is 3.01. The summed E-state index contributed by atoms with van der Waals surface area (Å²) in [5.74, 6) is 0.659. The molecule has 0 aliphatic heterocycles. The molecule has 0 amide bonds. The molecule has 0 atom stereocenters. The largest absolute Gasteiger partial charge is 0.249 e. The molecule has 1 heterocycles.